The summed E-state index contributed by atoms with van der Waals surface area (Å²) in [5, 5.41) is 15.0. The van der Waals surface area contributed by atoms with Gasteiger partial charge >= 0.3 is 0 Å². The first kappa shape index (κ1) is 11.1. The highest BCUT2D eigenvalue weighted by Gasteiger charge is 2.36. The van der Waals surface area contributed by atoms with Crippen LogP contribution in [0.4, 0.5) is 0 Å². The normalized spacial score (nSPS) is 20.9. The Kier molecular flexibility index (Phi) is 3.44. The molecule has 0 radical (unpaired) electrons. The van der Waals surface area contributed by atoms with Crippen LogP contribution in [0.1, 0.15) is 31.1 Å². The topological polar surface area (TPSA) is 32.3 Å². The van der Waals surface area contributed by atoms with Gasteiger partial charge in [-0.15, -0.1) is 11.3 Å². The van der Waals surface area contributed by atoms with Gasteiger partial charge in [0.1, 0.15) is 0 Å². The summed E-state index contributed by atoms with van der Waals surface area (Å²) in [5.74, 6) is 0. The van der Waals surface area contributed by atoms with E-state index in [4.69, 9.17) is 0 Å². The minimum atomic E-state index is 0.0384. The number of aliphatic hydroxyl groups excluding tert-OH is 1. The molecule has 1 fully saturated rings. The van der Waals surface area contributed by atoms with Crippen LogP contribution in [0.25, 0.3) is 0 Å². The van der Waals surface area contributed by atoms with Crippen molar-refractivity contribution in [2.75, 3.05) is 6.61 Å². The largest absolute Gasteiger partial charge is 0.394 e. The molecular formula is C12H19NOS. The van der Waals surface area contributed by atoms with Gasteiger partial charge < -0.3 is 10.4 Å². The molecule has 1 heterocycles. The lowest BCUT2D eigenvalue weighted by molar-refractivity contribution is 0.0788. The van der Waals surface area contributed by atoms with Crippen LogP contribution in [0.5, 0.6) is 0 Å². The van der Waals surface area contributed by atoms with E-state index in [9.17, 15) is 5.11 Å². The minimum absolute atomic E-state index is 0.0384. The molecule has 1 aliphatic rings. The maximum absolute atomic E-state index is 9.35. The Morgan fingerprint density at radius 2 is 2.40 bits per heavy atom. The van der Waals surface area contributed by atoms with Crippen LogP contribution < -0.4 is 5.32 Å². The second-order valence-corrected chi connectivity index (χ2v) is 5.65. The standard InChI is InChI=1S/C12H19NOS/c1-10(8-11-4-2-7-15-11)13-12(9-14)5-3-6-12/h2,4,7,10,13-14H,3,5-6,8-9H2,1H3. The lowest BCUT2D eigenvalue weighted by Gasteiger charge is -2.43. The second kappa shape index (κ2) is 4.64. The van der Waals surface area contributed by atoms with Crippen molar-refractivity contribution in [2.24, 2.45) is 0 Å². The highest BCUT2D eigenvalue weighted by atomic mass is 32.1. The second-order valence-electron chi connectivity index (χ2n) is 4.62. The van der Waals surface area contributed by atoms with Crippen LogP contribution >= 0.6 is 11.3 Å². The number of hydrogen-bond donors (Lipinski definition) is 2. The number of aliphatic hydroxyl groups is 1. The molecule has 84 valence electrons. The van der Waals surface area contributed by atoms with Crippen LogP contribution in [0.2, 0.25) is 0 Å². The Bertz CT molecular complexity index is 287. The van der Waals surface area contributed by atoms with Crippen molar-refractivity contribution >= 4 is 11.3 Å². The average Bonchev–Trinajstić information content (AvgIpc) is 2.64. The van der Waals surface area contributed by atoms with E-state index in [0.29, 0.717) is 6.04 Å². The summed E-state index contributed by atoms with van der Waals surface area (Å²) in [7, 11) is 0. The van der Waals surface area contributed by atoms with Gasteiger partial charge in [0.15, 0.2) is 0 Å². The predicted molar refractivity (Wildman–Crippen MR) is 64.3 cm³/mol. The third-order valence-electron chi connectivity index (χ3n) is 3.25. The van der Waals surface area contributed by atoms with Gasteiger partial charge in [-0.1, -0.05) is 6.07 Å². The molecule has 2 N–H and O–H groups in total. The summed E-state index contributed by atoms with van der Waals surface area (Å²) in [6.07, 6.45) is 4.56. The van der Waals surface area contributed by atoms with E-state index < -0.39 is 0 Å². The van der Waals surface area contributed by atoms with Crippen molar-refractivity contribution in [2.45, 2.75) is 44.2 Å². The molecule has 0 aromatic carbocycles. The molecule has 2 rings (SSSR count). The zero-order valence-electron chi connectivity index (χ0n) is 9.20. The van der Waals surface area contributed by atoms with Gasteiger partial charge in [0.25, 0.3) is 0 Å². The molecule has 0 bridgehead atoms. The van der Waals surface area contributed by atoms with Crippen LogP contribution in [-0.4, -0.2) is 23.3 Å². The van der Waals surface area contributed by atoms with E-state index in [1.807, 2.05) is 11.3 Å². The Balaban J connectivity index is 1.84. The summed E-state index contributed by atoms with van der Waals surface area (Å²) in [5.41, 5.74) is 0.0384. The Hall–Kier alpha value is -0.380. The van der Waals surface area contributed by atoms with Crippen molar-refractivity contribution < 1.29 is 5.11 Å². The van der Waals surface area contributed by atoms with Gasteiger partial charge in [-0.25, -0.2) is 0 Å². The fraction of sp³-hybridized carbons (Fsp3) is 0.667. The van der Waals surface area contributed by atoms with Crippen molar-refractivity contribution in [1.82, 2.24) is 5.32 Å². The van der Waals surface area contributed by atoms with Crippen molar-refractivity contribution in [3.8, 4) is 0 Å². The third kappa shape index (κ3) is 2.60. The maximum Gasteiger partial charge on any atom is 0.0613 e. The van der Waals surface area contributed by atoms with E-state index in [1.165, 1.54) is 11.3 Å². The molecule has 1 aliphatic carbocycles. The molecule has 1 unspecified atom stereocenters. The minimum Gasteiger partial charge on any atom is -0.394 e. The highest BCUT2D eigenvalue weighted by Crippen LogP contribution is 2.32. The van der Waals surface area contributed by atoms with E-state index in [1.54, 1.807) is 0 Å². The van der Waals surface area contributed by atoms with Gasteiger partial charge in [-0.05, 0) is 44.1 Å². The fourth-order valence-electron chi connectivity index (χ4n) is 2.26. The quantitative estimate of drug-likeness (QED) is 0.805. The molecule has 2 nitrogen and oxygen atoms in total. The lowest BCUT2D eigenvalue weighted by atomic mass is 9.77. The number of thiophene rings is 1. The van der Waals surface area contributed by atoms with Gasteiger partial charge in [-0.3, -0.25) is 0 Å². The molecule has 0 aliphatic heterocycles. The smallest absolute Gasteiger partial charge is 0.0613 e. The first-order valence-corrected chi connectivity index (χ1v) is 6.53. The predicted octanol–water partition coefficient (Wildman–Crippen LogP) is 2.18. The van der Waals surface area contributed by atoms with Gasteiger partial charge in [0.05, 0.1) is 6.61 Å². The van der Waals surface area contributed by atoms with Crippen LogP contribution in [0.3, 0.4) is 0 Å². The van der Waals surface area contributed by atoms with Crippen molar-refractivity contribution in [3.63, 3.8) is 0 Å². The molecule has 0 spiro atoms. The lowest BCUT2D eigenvalue weighted by Crippen LogP contribution is -2.57. The Labute approximate surface area is 95.3 Å². The van der Waals surface area contributed by atoms with Crippen molar-refractivity contribution in [3.05, 3.63) is 22.4 Å². The van der Waals surface area contributed by atoms with Gasteiger partial charge in [0.2, 0.25) is 0 Å². The summed E-state index contributed by atoms with van der Waals surface area (Å²) in [6.45, 7) is 2.48. The van der Waals surface area contributed by atoms with E-state index >= 15 is 0 Å². The van der Waals surface area contributed by atoms with Crippen LogP contribution in [0, 0.1) is 0 Å². The van der Waals surface area contributed by atoms with Crippen LogP contribution in [0.15, 0.2) is 17.5 Å². The van der Waals surface area contributed by atoms with E-state index in [0.717, 1.165) is 19.3 Å². The molecule has 0 amide bonds. The average molecular weight is 225 g/mol. The molecule has 3 heteroatoms. The van der Waals surface area contributed by atoms with E-state index in [2.05, 4.69) is 29.8 Å². The summed E-state index contributed by atoms with van der Waals surface area (Å²) >= 11 is 1.81. The maximum atomic E-state index is 9.35. The zero-order valence-corrected chi connectivity index (χ0v) is 10.0. The monoisotopic (exact) mass is 225 g/mol. The molecule has 1 aromatic rings. The Morgan fingerprint density at radius 3 is 2.87 bits per heavy atom. The number of hydrogen-bond acceptors (Lipinski definition) is 3. The highest BCUT2D eigenvalue weighted by molar-refractivity contribution is 7.09. The number of nitrogens with one attached hydrogen (secondary N) is 1. The fourth-order valence-corrected chi connectivity index (χ4v) is 3.09. The first-order valence-electron chi connectivity index (χ1n) is 5.65. The van der Waals surface area contributed by atoms with Gasteiger partial charge in [0, 0.05) is 16.5 Å². The summed E-state index contributed by atoms with van der Waals surface area (Å²) in [4.78, 5) is 1.42. The Morgan fingerprint density at radius 1 is 1.60 bits per heavy atom. The SMILES string of the molecule is CC(Cc1cccs1)NC1(CO)CCC1. The summed E-state index contributed by atoms with van der Waals surface area (Å²) in [6, 6.07) is 4.73. The molecule has 0 saturated heterocycles. The third-order valence-corrected chi connectivity index (χ3v) is 4.15. The molecule has 1 aromatic heterocycles. The molecule has 1 saturated carbocycles. The molecule has 1 atom stereocenters. The summed E-state index contributed by atoms with van der Waals surface area (Å²) < 4.78 is 0. The van der Waals surface area contributed by atoms with E-state index in [-0.39, 0.29) is 12.1 Å². The van der Waals surface area contributed by atoms with Crippen LogP contribution in [-0.2, 0) is 6.42 Å². The van der Waals surface area contributed by atoms with Gasteiger partial charge in [-0.2, -0.15) is 0 Å². The molecular weight excluding hydrogens is 206 g/mol. The first-order chi connectivity index (χ1) is 7.24. The number of rotatable bonds is 5. The molecule has 15 heavy (non-hydrogen) atoms. The zero-order chi connectivity index (χ0) is 10.7. The van der Waals surface area contributed by atoms with Crippen molar-refractivity contribution in [1.29, 1.82) is 0 Å².